The van der Waals surface area contributed by atoms with Crippen LogP contribution in [-0.2, 0) is 20.6 Å². The zero-order valence-electron chi connectivity index (χ0n) is 17.2. The van der Waals surface area contributed by atoms with Gasteiger partial charge in [0.15, 0.2) is 6.10 Å². The molecule has 1 heterocycles. The maximum atomic E-state index is 13.3. The summed E-state index contributed by atoms with van der Waals surface area (Å²) in [7, 11) is -2.27. The quantitative estimate of drug-likeness (QED) is 0.584. The Hall–Kier alpha value is -3.23. The van der Waals surface area contributed by atoms with Crippen LogP contribution in [0.25, 0.3) is 0 Å². The Bertz CT molecular complexity index is 1230. The molecular weight excluding hydrogens is 452 g/mol. The summed E-state index contributed by atoms with van der Waals surface area (Å²) in [6.07, 6.45) is -1.05. The predicted octanol–water partition coefficient (Wildman–Crippen LogP) is 4.08. The number of rotatable bonds is 6. The summed E-state index contributed by atoms with van der Waals surface area (Å²) >= 11 is 6.13. The number of hydrogen-bond donors (Lipinski definition) is 1. The van der Waals surface area contributed by atoms with E-state index >= 15 is 0 Å². The minimum Gasteiger partial charge on any atom is -0.495 e. The molecule has 166 valence electrons. The monoisotopic (exact) mass is 472 g/mol. The molecule has 7 nitrogen and oxygen atoms in total. The van der Waals surface area contributed by atoms with Crippen molar-refractivity contribution in [3.05, 3.63) is 83.4 Å². The number of carbonyl (C=O) groups excluding carboxylic acids is 1. The molecule has 3 aromatic carbocycles. The van der Waals surface area contributed by atoms with Crippen molar-refractivity contribution in [1.82, 2.24) is 0 Å². The summed E-state index contributed by atoms with van der Waals surface area (Å²) in [5, 5.41) is 3.07. The molecule has 1 amide bonds. The van der Waals surface area contributed by atoms with Crippen molar-refractivity contribution in [2.45, 2.75) is 11.9 Å². The molecule has 0 spiro atoms. The van der Waals surface area contributed by atoms with E-state index in [1.807, 2.05) is 6.07 Å². The van der Waals surface area contributed by atoms with Gasteiger partial charge >= 0.3 is 0 Å². The van der Waals surface area contributed by atoms with Crippen molar-refractivity contribution < 1.29 is 22.7 Å². The molecule has 0 aliphatic carbocycles. The highest BCUT2D eigenvalue weighted by atomic mass is 35.5. The average Bonchev–Trinajstić information content (AvgIpc) is 2.79. The lowest BCUT2D eigenvalue weighted by Gasteiger charge is -2.34. The van der Waals surface area contributed by atoms with E-state index in [0.29, 0.717) is 33.5 Å². The lowest BCUT2D eigenvalue weighted by atomic mass is 10.2. The average molecular weight is 473 g/mol. The van der Waals surface area contributed by atoms with Gasteiger partial charge < -0.3 is 14.8 Å². The number of nitrogens with one attached hydrogen (secondary N) is 1. The lowest BCUT2D eigenvalue weighted by Crippen LogP contribution is -2.49. The number of amides is 1. The van der Waals surface area contributed by atoms with Gasteiger partial charge in [0.2, 0.25) is 10.0 Å². The van der Waals surface area contributed by atoms with E-state index in [0.717, 1.165) is 0 Å². The standard InChI is InChI=1S/C23H21ClN2O5S/c1-30-20-12-11-17(13-18(20)24)25-23(27)22-14-26(19-9-5-6-10-21(19)31-22)32(28,29)15-16-7-3-2-4-8-16/h2-13,22H,14-15H2,1H3,(H,25,27)/t22-/m1/s1. The van der Waals surface area contributed by atoms with E-state index in [1.165, 1.54) is 11.4 Å². The van der Waals surface area contributed by atoms with Crippen LogP contribution in [0.3, 0.4) is 0 Å². The molecule has 32 heavy (non-hydrogen) atoms. The fourth-order valence-corrected chi connectivity index (χ4v) is 5.27. The van der Waals surface area contributed by atoms with Crippen LogP contribution in [0.5, 0.6) is 11.5 Å². The Morgan fingerprint density at radius 2 is 1.84 bits per heavy atom. The largest absolute Gasteiger partial charge is 0.495 e. The van der Waals surface area contributed by atoms with Gasteiger partial charge in [-0.25, -0.2) is 8.42 Å². The number of anilines is 2. The maximum absolute atomic E-state index is 13.3. The second kappa shape index (κ2) is 9.10. The van der Waals surface area contributed by atoms with Crippen LogP contribution in [0.2, 0.25) is 5.02 Å². The molecule has 4 rings (SSSR count). The molecule has 0 saturated carbocycles. The van der Waals surface area contributed by atoms with Crippen molar-refractivity contribution in [3.8, 4) is 11.5 Å². The van der Waals surface area contributed by atoms with Crippen molar-refractivity contribution in [1.29, 1.82) is 0 Å². The molecule has 0 bridgehead atoms. The number of nitrogens with zero attached hydrogens (tertiary/aromatic N) is 1. The van der Waals surface area contributed by atoms with Crippen molar-refractivity contribution in [3.63, 3.8) is 0 Å². The number of fused-ring (bicyclic) bond motifs is 1. The Kier molecular flexibility index (Phi) is 6.25. The van der Waals surface area contributed by atoms with E-state index in [9.17, 15) is 13.2 Å². The first-order chi connectivity index (χ1) is 15.4. The molecule has 1 atom stereocenters. The van der Waals surface area contributed by atoms with E-state index in [-0.39, 0.29) is 12.3 Å². The molecule has 1 aliphatic rings. The molecule has 0 aromatic heterocycles. The third-order valence-electron chi connectivity index (χ3n) is 4.97. The fourth-order valence-electron chi connectivity index (χ4n) is 3.43. The van der Waals surface area contributed by atoms with Gasteiger partial charge in [-0.1, -0.05) is 54.1 Å². The second-order valence-corrected chi connectivity index (χ2v) is 9.49. The highest BCUT2D eigenvalue weighted by Gasteiger charge is 2.36. The minimum atomic E-state index is -3.77. The lowest BCUT2D eigenvalue weighted by molar-refractivity contribution is -0.122. The maximum Gasteiger partial charge on any atom is 0.267 e. The molecule has 9 heteroatoms. The summed E-state index contributed by atoms with van der Waals surface area (Å²) in [5.41, 5.74) is 1.51. The van der Waals surface area contributed by atoms with Gasteiger partial charge in [-0.15, -0.1) is 0 Å². The van der Waals surface area contributed by atoms with Gasteiger partial charge in [-0.2, -0.15) is 0 Å². The first-order valence-electron chi connectivity index (χ1n) is 9.82. The van der Waals surface area contributed by atoms with Crippen LogP contribution in [0.1, 0.15) is 5.56 Å². The Labute approximate surface area is 191 Å². The van der Waals surface area contributed by atoms with Gasteiger partial charge in [0.25, 0.3) is 5.91 Å². The number of sulfonamides is 1. The molecule has 0 saturated heterocycles. The summed E-state index contributed by atoms with van der Waals surface area (Å²) in [6, 6.07) is 20.5. The van der Waals surface area contributed by atoms with E-state index < -0.39 is 22.0 Å². The van der Waals surface area contributed by atoms with Gasteiger partial charge in [0, 0.05) is 5.69 Å². The van der Waals surface area contributed by atoms with Gasteiger partial charge in [0.1, 0.15) is 11.5 Å². The van der Waals surface area contributed by atoms with Crippen molar-refractivity contribution in [2.24, 2.45) is 0 Å². The molecule has 0 unspecified atom stereocenters. The van der Waals surface area contributed by atoms with Crippen LogP contribution < -0.4 is 19.1 Å². The van der Waals surface area contributed by atoms with Gasteiger partial charge in [-0.3, -0.25) is 9.10 Å². The molecule has 1 N–H and O–H groups in total. The fraction of sp³-hybridized carbons (Fsp3) is 0.174. The highest BCUT2D eigenvalue weighted by molar-refractivity contribution is 7.92. The van der Waals surface area contributed by atoms with Crippen LogP contribution in [0, 0.1) is 0 Å². The van der Waals surface area contributed by atoms with Crippen LogP contribution in [-0.4, -0.2) is 34.1 Å². The SMILES string of the molecule is COc1ccc(NC(=O)[C@H]2CN(S(=O)(=O)Cc3ccccc3)c3ccccc3O2)cc1Cl. The summed E-state index contributed by atoms with van der Waals surface area (Å²) < 4.78 is 38.7. The number of carbonyl (C=O) groups is 1. The van der Waals surface area contributed by atoms with Crippen LogP contribution in [0.15, 0.2) is 72.8 Å². The smallest absolute Gasteiger partial charge is 0.267 e. The predicted molar refractivity (Wildman–Crippen MR) is 124 cm³/mol. The second-order valence-electron chi connectivity index (χ2n) is 7.19. The van der Waals surface area contributed by atoms with Crippen LogP contribution in [0.4, 0.5) is 11.4 Å². The van der Waals surface area contributed by atoms with Gasteiger partial charge in [-0.05, 0) is 35.9 Å². The van der Waals surface area contributed by atoms with E-state index in [4.69, 9.17) is 21.1 Å². The van der Waals surface area contributed by atoms with Crippen molar-refractivity contribution >= 4 is 38.9 Å². The molecule has 3 aromatic rings. The Morgan fingerprint density at radius 3 is 2.56 bits per heavy atom. The molecule has 0 fully saturated rings. The van der Waals surface area contributed by atoms with Crippen LogP contribution >= 0.6 is 11.6 Å². The minimum absolute atomic E-state index is 0.151. The van der Waals surface area contributed by atoms with E-state index in [1.54, 1.807) is 66.7 Å². The third kappa shape index (κ3) is 4.66. The summed E-state index contributed by atoms with van der Waals surface area (Å²) in [5.74, 6) is 0.125. The first-order valence-corrected chi connectivity index (χ1v) is 11.8. The number of ether oxygens (including phenoxy) is 2. The van der Waals surface area contributed by atoms with E-state index in [2.05, 4.69) is 5.32 Å². The Morgan fingerprint density at radius 1 is 1.12 bits per heavy atom. The molecular formula is C23H21ClN2O5S. The highest BCUT2D eigenvalue weighted by Crippen LogP contribution is 2.36. The zero-order chi connectivity index (χ0) is 22.7. The summed E-state index contributed by atoms with van der Waals surface area (Å²) in [6.45, 7) is -0.151. The summed E-state index contributed by atoms with van der Waals surface area (Å²) in [4.78, 5) is 12.9. The number of halogens is 1. The third-order valence-corrected chi connectivity index (χ3v) is 6.99. The number of benzene rings is 3. The van der Waals surface area contributed by atoms with Gasteiger partial charge in [0.05, 0.1) is 30.1 Å². The normalized spacial score (nSPS) is 15.4. The number of para-hydroxylation sites is 2. The molecule has 1 aliphatic heterocycles. The number of hydrogen-bond acceptors (Lipinski definition) is 5. The number of methoxy groups -OCH3 is 1. The molecule has 0 radical (unpaired) electrons. The topological polar surface area (TPSA) is 84.9 Å². The Balaban J connectivity index is 1.59. The zero-order valence-corrected chi connectivity index (χ0v) is 18.8. The van der Waals surface area contributed by atoms with Crippen molar-refractivity contribution in [2.75, 3.05) is 23.3 Å². The first kappa shape index (κ1) is 22.0.